The van der Waals surface area contributed by atoms with Crippen molar-refractivity contribution in [2.24, 2.45) is 0 Å². The summed E-state index contributed by atoms with van der Waals surface area (Å²) in [6, 6.07) is 0. The lowest BCUT2D eigenvalue weighted by atomic mass is 9.83. The molecule has 14 heavy (non-hydrogen) atoms. The van der Waals surface area contributed by atoms with Gasteiger partial charge < -0.3 is 14.2 Å². The molecule has 3 nitrogen and oxygen atoms in total. The van der Waals surface area contributed by atoms with Gasteiger partial charge in [0.25, 0.3) is 0 Å². The van der Waals surface area contributed by atoms with E-state index in [1.54, 1.807) is 0 Å². The zero-order chi connectivity index (χ0) is 9.97. The van der Waals surface area contributed by atoms with Crippen molar-refractivity contribution in [2.75, 3.05) is 0 Å². The average molecular weight is 210 g/mol. The molecular weight excluding hydrogens is 201 g/mol. The van der Waals surface area contributed by atoms with Gasteiger partial charge in [0, 0.05) is 19.3 Å². The highest BCUT2D eigenvalue weighted by atomic mass is 19.4. The molecule has 4 unspecified atom stereocenters. The summed E-state index contributed by atoms with van der Waals surface area (Å²) in [6.45, 7) is 0. The molecule has 0 aromatic carbocycles. The molecule has 4 heterocycles. The molecule has 80 valence electrons. The van der Waals surface area contributed by atoms with E-state index in [4.69, 9.17) is 14.2 Å². The topological polar surface area (TPSA) is 27.7 Å². The van der Waals surface area contributed by atoms with Crippen LogP contribution in [0.25, 0.3) is 0 Å². The highest BCUT2D eigenvalue weighted by Crippen LogP contribution is 2.52. The molecule has 0 saturated carbocycles. The Kier molecular flexibility index (Phi) is 1.55. The van der Waals surface area contributed by atoms with Gasteiger partial charge in [-0.1, -0.05) is 0 Å². The van der Waals surface area contributed by atoms with Gasteiger partial charge in [-0.2, -0.15) is 13.2 Å². The van der Waals surface area contributed by atoms with E-state index in [-0.39, 0.29) is 18.9 Å². The largest absolute Gasteiger partial charge is 0.417 e. The Morgan fingerprint density at radius 1 is 1.07 bits per heavy atom. The number of halogens is 3. The van der Waals surface area contributed by atoms with Gasteiger partial charge >= 0.3 is 6.18 Å². The lowest BCUT2D eigenvalue weighted by Gasteiger charge is -2.55. The third kappa shape index (κ3) is 1.04. The van der Waals surface area contributed by atoms with Crippen LogP contribution < -0.4 is 0 Å². The molecule has 4 aliphatic heterocycles. The van der Waals surface area contributed by atoms with Gasteiger partial charge in [0.2, 0.25) is 0 Å². The van der Waals surface area contributed by atoms with Crippen LogP contribution in [-0.2, 0) is 14.2 Å². The van der Waals surface area contributed by atoms with Crippen LogP contribution in [0.15, 0.2) is 0 Å². The van der Waals surface area contributed by atoms with E-state index in [1.807, 2.05) is 0 Å². The Balaban J connectivity index is 1.95. The van der Waals surface area contributed by atoms with Gasteiger partial charge in [0.1, 0.15) is 0 Å². The predicted octanol–water partition coefficient (Wildman–Crippen LogP) is 1.57. The first-order valence-electron chi connectivity index (χ1n) is 4.54. The number of rotatable bonds is 0. The molecule has 4 atom stereocenters. The second-order valence-corrected chi connectivity index (χ2v) is 4.01. The minimum Gasteiger partial charge on any atom is -0.349 e. The quantitative estimate of drug-likeness (QED) is 0.607. The van der Waals surface area contributed by atoms with Crippen LogP contribution in [0, 0.1) is 0 Å². The van der Waals surface area contributed by atoms with Gasteiger partial charge in [-0.3, -0.25) is 0 Å². The van der Waals surface area contributed by atoms with Crippen LogP contribution in [0.4, 0.5) is 13.2 Å². The van der Waals surface area contributed by atoms with Crippen LogP contribution in [0.2, 0.25) is 0 Å². The lowest BCUT2D eigenvalue weighted by Crippen LogP contribution is -2.66. The van der Waals surface area contributed by atoms with Gasteiger partial charge in [0.15, 0.2) is 18.2 Å². The molecule has 4 bridgehead atoms. The van der Waals surface area contributed by atoms with E-state index < -0.39 is 24.4 Å². The van der Waals surface area contributed by atoms with Crippen molar-refractivity contribution in [2.45, 2.75) is 49.7 Å². The number of hydrogen-bond acceptors (Lipinski definition) is 3. The van der Waals surface area contributed by atoms with E-state index >= 15 is 0 Å². The summed E-state index contributed by atoms with van der Waals surface area (Å²) in [5.41, 5.74) is -2.01. The summed E-state index contributed by atoms with van der Waals surface area (Å²) in [5, 5.41) is 0. The standard InChI is InChI=1S/C8H9F3O3/c9-8(10,11)7-2-4-1-5(14-7)13-6(3-7)12-4/h4-6H,1-3H2. The number of hydrogen-bond donors (Lipinski definition) is 0. The molecule has 0 aromatic heterocycles. The Hall–Kier alpha value is -0.330. The van der Waals surface area contributed by atoms with Crippen molar-refractivity contribution in [1.82, 2.24) is 0 Å². The molecule has 0 aliphatic carbocycles. The zero-order valence-corrected chi connectivity index (χ0v) is 7.21. The summed E-state index contributed by atoms with van der Waals surface area (Å²) in [7, 11) is 0. The Bertz CT molecular complexity index is 228. The molecular formula is C8H9F3O3. The van der Waals surface area contributed by atoms with Crippen LogP contribution >= 0.6 is 0 Å². The Labute approximate surface area is 78.1 Å². The smallest absolute Gasteiger partial charge is 0.349 e. The van der Waals surface area contributed by atoms with E-state index in [0.717, 1.165) is 0 Å². The molecule has 4 rings (SSSR count). The highest BCUT2D eigenvalue weighted by molar-refractivity contribution is 5.01. The van der Waals surface area contributed by atoms with Crippen LogP contribution in [-0.4, -0.2) is 30.5 Å². The molecule has 0 spiro atoms. The van der Waals surface area contributed by atoms with Gasteiger partial charge in [-0.15, -0.1) is 0 Å². The second kappa shape index (κ2) is 2.43. The van der Waals surface area contributed by atoms with Crippen LogP contribution in [0.1, 0.15) is 19.3 Å². The molecule has 0 aromatic rings. The summed E-state index contributed by atoms with van der Waals surface area (Å²) in [5.74, 6) is 0. The highest BCUT2D eigenvalue weighted by Gasteiger charge is 2.66. The van der Waals surface area contributed by atoms with E-state index in [9.17, 15) is 13.2 Å². The van der Waals surface area contributed by atoms with Crippen molar-refractivity contribution in [1.29, 1.82) is 0 Å². The van der Waals surface area contributed by atoms with Crippen LogP contribution in [0.3, 0.4) is 0 Å². The second-order valence-electron chi connectivity index (χ2n) is 4.01. The maximum Gasteiger partial charge on any atom is 0.417 e. The van der Waals surface area contributed by atoms with Crippen LogP contribution in [0.5, 0.6) is 0 Å². The molecule has 4 saturated heterocycles. The molecule has 4 aliphatic rings. The summed E-state index contributed by atoms with van der Waals surface area (Å²) in [6.07, 6.45) is -6.06. The fourth-order valence-corrected chi connectivity index (χ4v) is 2.41. The minimum atomic E-state index is -4.32. The first-order chi connectivity index (χ1) is 6.48. The third-order valence-electron chi connectivity index (χ3n) is 3.03. The summed E-state index contributed by atoms with van der Waals surface area (Å²) in [4.78, 5) is 0. The molecule has 6 heteroatoms. The molecule has 0 radical (unpaired) electrons. The van der Waals surface area contributed by atoms with Gasteiger partial charge in [0.05, 0.1) is 6.10 Å². The first kappa shape index (κ1) is 8.94. The van der Waals surface area contributed by atoms with Crippen molar-refractivity contribution in [3.8, 4) is 0 Å². The minimum absolute atomic E-state index is 0.0904. The van der Waals surface area contributed by atoms with E-state index in [2.05, 4.69) is 0 Å². The fourth-order valence-electron chi connectivity index (χ4n) is 2.41. The Morgan fingerprint density at radius 3 is 2.43 bits per heavy atom. The third-order valence-corrected chi connectivity index (χ3v) is 3.03. The van der Waals surface area contributed by atoms with Crippen molar-refractivity contribution >= 4 is 0 Å². The zero-order valence-electron chi connectivity index (χ0n) is 7.21. The normalized spacial score (nSPS) is 51.2. The Morgan fingerprint density at radius 2 is 1.86 bits per heavy atom. The molecule has 4 fully saturated rings. The summed E-state index contributed by atoms with van der Waals surface area (Å²) >= 11 is 0. The van der Waals surface area contributed by atoms with E-state index in [1.165, 1.54) is 0 Å². The van der Waals surface area contributed by atoms with E-state index in [0.29, 0.717) is 6.42 Å². The van der Waals surface area contributed by atoms with Gasteiger partial charge in [-0.05, 0) is 0 Å². The number of alkyl halides is 3. The summed E-state index contributed by atoms with van der Waals surface area (Å²) < 4.78 is 53.6. The van der Waals surface area contributed by atoms with Crippen molar-refractivity contribution in [3.63, 3.8) is 0 Å². The van der Waals surface area contributed by atoms with Gasteiger partial charge in [-0.25, -0.2) is 0 Å². The lowest BCUT2D eigenvalue weighted by molar-refractivity contribution is -0.460. The maximum atomic E-state index is 12.8. The average Bonchev–Trinajstić information content (AvgIpc) is 1.98. The monoisotopic (exact) mass is 210 g/mol. The number of ether oxygens (including phenoxy) is 3. The maximum absolute atomic E-state index is 12.8. The van der Waals surface area contributed by atoms with Crippen molar-refractivity contribution in [3.05, 3.63) is 0 Å². The predicted molar refractivity (Wildman–Crippen MR) is 37.3 cm³/mol. The molecule has 0 N–H and O–H groups in total. The SMILES string of the molecule is FC(F)(F)C12CC3CC(OC(C1)O3)O2. The van der Waals surface area contributed by atoms with Crippen molar-refractivity contribution < 1.29 is 27.4 Å². The molecule has 0 amide bonds. The fraction of sp³-hybridized carbons (Fsp3) is 1.00. The first-order valence-corrected chi connectivity index (χ1v) is 4.54.